The summed E-state index contributed by atoms with van der Waals surface area (Å²) < 4.78 is 5.66. The van der Waals surface area contributed by atoms with Crippen LogP contribution in [0, 0.1) is 17.8 Å². The van der Waals surface area contributed by atoms with Crippen molar-refractivity contribution in [1.82, 2.24) is 15.3 Å². The number of methoxy groups -OCH3 is 1. The molecule has 10 heteroatoms. The van der Waals surface area contributed by atoms with E-state index in [1.165, 1.54) is 6.20 Å². The van der Waals surface area contributed by atoms with Gasteiger partial charge in [-0.1, -0.05) is 37.6 Å². The fourth-order valence-electron chi connectivity index (χ4n) is 5.72. The van der Waals surface area contributed by atoms with E-state index in [1.807, 2.05) is 19.1 Å². The monoisotopic (exact) mass is 510 g/mol. The topological polar surface area (TPSA) is 131 Å². The van der Waals surface area contributed by atoms with E-state index in [0.717, 1.165) is 17.5 Å². The number of carbonyl (C=O) groups is 2. The van der Waals surface area contributed by atoms with Crippen molar-refractivity contribution in [3.63, 3.8) is 0 Å². The van der Waals surface area contributed by atoms with Gasteiger partial charge in [0.05, 0.1) is 30.8 Å². The highest BCUT2D eigenvalue weighted by Gasteiger charge is 2.47. The minimum atomic E-state index is -0.326. The van der Waals surface area contributed by atoms with Crippen LogP contribution in [-0.2, 0) is 15.0 Å². The summed E-state index contributed by atoms with van der Waals surface area (Å²) in [5.41, 5.74) is 8.07. The summed E-state index contributed by atoms with van der Waals surface area (Å²) in [6.07, 6.45) is 6.60. The van der Waals surface area contributed by atoms with E-state index in [0.29, 0.717) is 34.8 Å². The van der Waals surface area contributed by atoms with E-state index in [-0.39, 0.29) is 46.9 Å². The number of nitrogens with zero attached hydrogens (tertiary/aromatic N) is 2. The molecule has 2 bridgehead atoms. The van der Waals surface area contributed by atoms with Crippen LogP contribution in [0.2, 0.25) is 5.02 Å². The smallest absolute Gasteiger partial charge is 0.229 e. The maximum atomic E-state index is 12.5. The van der Waals surface area contributed by atoms with Crippen LogP contribution in [0.1, 0.15) is 44.2 Å². The average molecular weight is 511 g/mol. The Balaban J connectivity index is 1.47. The molecule has 2 amide bonds. The Morgan fingerprint density at radius 3 is 2.75 bits per heavy atom. The zero-order valence-corrected chi connectivity index (χ0v) is 21.5. The molecule has 1 unspecified atom stereocenters. The number of rotatable bonds is 6. The third-order valence-corrected chi connectivity index (χ3v) is 8.02. The zero-order chi connectivity index (χ0) is 25.8. The lowest BCUT2D eigenvalue weighted by atomic mass is 9.79. The highest BCUT2D eigenvalue weighted by atomic mass is 35.5. The third-order valence-electron chi connectivity index (χ3n) is 7.75. The Kier molecular flexibility index (Phi) is 6.06. The van der Waals surface area contributed by atoms with Gasteiger partial charge in [0, 0.05) is 18.0 Å². The fourth-order valence-corrected chi connectivity index (χ4v) is 5.86. The van der Waals surface area contributed by atoms with Gasteiger partial charge in [-0.15, -0.1) is 0 Å². The molecule has 2 aliphatic carbocycles. The van der Waals surface area contributed by atoms with E-state index < -0.39 is 0 Å². The number of amides is 2. The first kappa shape index (κ1) is 24.4. The number of anilines is 3. The first-order valence-electron chi connectivity index (χ1n) is 12.1. The third kappa shape index (κ3) is 4.15. The second-order valence-corrected chi connectivity index (χ2v) is 10.9. The van der Waals surface area contributed by atoms with Gasteiger partial charge in [-0.3, -0.25) is 9.59 Å². The number of ether oxygens (including phenoxy) is 1. The Morgan fingerprint density at radius 1 is 1.28 bits per heavy atom. The molecule has 9 nitrogen and oxygen atoms in total. The van der Waals surface area contributed by atoms with E-state index >= 15 is 0 Å². The van der Waals surface area contributed by atoms with Crippen molar-refractivity contribution in [2.45, 2.75) is 44.6 Å². The standard InChI is InChI=1S/C26H31ClN6O3/c1-12-15-8-19(36-4)18(9-16(15)26(2,3)11-30-24(12)35)31-25-29-10-17(27)23(33-25)32-21-14-6-5-13(7-14)20(21)22(28)34/h5-6,8-10,12-14,20-21H,7,11H2,1-4H3,(H2,28,34)(H,30,35)(H2,29,31,32,33)/t12?,13-,14+,20+,21-/m1/s1. The molecule has 1 saturated carbocycles. The second-order valence-electron chi connectivity index (χ2n) is 10.5. The lowest BCUT2D eigenvalue weighted by Crippen LogP contribution is -2.41. The minimum Gasteiger partial charge on any atom is -0.495 e. The molecule has 1 fully saturated rings. The number of fused-ring (bicyclic) bond motifs is 3. The molecule has 1 aliphatic heterocycles. The van der Waals surface area contributed by atoms with Gasteiger partial charge in [0.25, 0.3) is 0 Å². The molecule has 2 aromatic rings. The van der Waals surface area contributed by atoms with Gasteiger partial charge in [0.1, 0.15) is 10.8 Å². The SMILES string of the molecule is COc1cc2c(cc1Nc1ncc(Cl)c(N[C@H]3[C@@H](C(N)=O)[C@@H]4C=C[C@H]3C4)n1)C(C)(C)CNC(=O)C2C. The van der Waals surface area contributed by atoms with E-state index in [4.69, 9.17) is 22.1 Å². The molecule has 5 N–H and O–H groups in total. The maximum absolute atomic E-state index is 12.5. The molecule has 1 aromatic heterocycles. The molecule has 3 aliphatic rings. The summed E-state index contributed by atoms with van der Waals surface area (Å²) >= 11 is 6.43. The Morgan fingerprint density at radius 2 is 2.03 bits per heavy atom. The number of nitrogens with one attached hydrogen (secondary N) is 3. The number of nitrogens with two attached hydrogens (primary N) is 1. The van der Waals surface area contributed by atoms with Crippen LogP contribution in [0.25, 0.3) is 0 Å². The second kappa shape index (κ2) is 8.96. The minimum absolute atomic E-state index is 0.00828. The lowest BCUT2D eigenvalue weighted by molar-refractivity contribution is -0.123. The molecule has 0 spiro atoms. The largest absolute Gasteiger partial charge is 0.495 e. The molecule has 5 rings (SSSR count). The molecular formula is C26H31ClN6O3. The first-order chi connectivity index (χ1) is 17.1. The van der Waals surface area contributed by atoms with Gasteiger partial charge in [-0.05, 0) is 48.4 Å². The Labute approximate surface area is 215 Å². The fraction of sp³-hybridized carbons (Fsp3) is 0.462. The van der Waals surface area contributed by atoms with Gasteiger partial charge in [-0.25, -0.2) is 4.98 Å². The number of hydrogen-bond donors (Lipinski definition) is 4. The summed E-state index contributed by atoms with van der Waals surface area (Å²) in [6.45, 7) is 6.62. The van der Waals surface area contributed by atoms with Crippen molar-refractivity contribution in [3.8, 4) is 5.75 Å². The Hall–Kier alpha value is -3.33. The number of allylic oxidation sites excluding steroid dienone is 1. The number of primary amides is 1. The highest BCUT2D eigenvalue weighted by molar-refractivity contribution is 6.32. The van der Waals surface area contributed by atoms with E-state index in [2.05, 4.69) is 51.9 Å². The summed E-state index contributed by atoms with van der Waals surface area (Å²) in [5.74, 6) is 0.713. The van der Waals surface area contributed by atoms with Crippen LogP contribution in [0.15, 0.2) is 30.5 Å². The molecule has 0 radical (unpaired) electrons. The average Bonchev–Trinajstić information content (AvgIpc) is 3.43. The molecule has 36 heavy (non-hydrogen) atoms. The van der Waals surface area contributed by atoms with Crippen molar-refractivity contribution < 1.29 is 14.3 Å². The van der Waals surface area contributed by atoms with E-state index in [1.54, 1.807) is 7.11 Å². The van der Waals surface area contributed by atoms with E-state index in [9.17, 15) is 9.59 Å². The van der Waals surface area contributed by atoms with Crippen molar-refractivity contribution in [2.75, 3.05) is 24.3 Å². The summed E-state index contributed by atoms with van der Waals surface area (Å²) in [6, 6.07) is 3.73. The predicted octanol–water partition coefficient (Wildman–Crippen LogP) is 3.48. The summed E-state index contributed by atoms with van der Waals surface area (Å²) in [7, 11) is 1.59. The zero-order valence-electron chi connectivity index (χ0n) is 20.8. The number of halogens is 1. The molecule has 5 atom stereocenters. The normalized spacial score (nSPS) is 27.7. The van der Waals surface area contributed by atoms with Crippen molar-refractivity contribution >= 4 is 40.9 Å². The highest BCUT2D eigenvalue weighted by Crippen LogP contribution is 2.45. The van der Waals surface area contributed by atoms with Crippen molar-refractivity contribution in [1.29, 1.82) is 0 Å². The van der Waals surface area contributed by atoms with Gasteiger partial charge < -0.3 is 26.4 Å². The lowest BCUT2D eigenvalue weighted by Gasteiger charge is -2.28. The van der Waals surface area contributed by atoms with Gasteiger partial charge in [-0.2, -0.15) is 4.98 Å². The molecular weight excluding hydrogens is 480 g/mol. The van der Waals surface area contributed by atoms with Crippen LogP contribution in [0.4, 0.5) is 17.5 Å². The molecule has 2 heterocycles. The van der Waals surface area contributed by atoms with Crippen molar-refractivity contribution in [2.24, 2.45) is 23.5 Å². The van der Waals surface area contributed by atoms with Crippen LogP contribution < -0.4 is 26.4 Å². The summed E-state index contributed by atoms with van der Waals surface area (Å²) in [5, 5.41) is 9.99. The molecule has 1 aromatic carbocycles. The number of carbonyl (C=O) groups excluding carboxylic acids is 2. The first-order valence-corrected chi connectivity index (χ1v) is 12.5. The Bertz CT molecular complexity index is 1260. The van der Waals surface area contributed by atoms with Gasteiger partial charge in [0.2, 0.25) is 17.8 Å². The quantitative estimate of drug-likeness (QED) is 0.437. The maximum Gasteiger partial charge on any atom is 0.229 e. The van der Waals surface area contributed by atoms with Crippen molar-refractivity contribution in [3.05, 3.63) is 46.6 Å². The number of hydrogen-bond acceptors (Lipinski definition) is 7. The molecule has 0 saturated heterocycles. The van der Waals surface area contributed by atoms with Gasteiger partial charge in [0.15, 0.2) is 5.82 Å². The van der Waals surface area contributed by atoms with Crippen LogP contribution >= 0.6 is 11.6 Å². The summed E-state index contributed by atoms with van der Waals surface area (Å²) in [4.78, 5) is 33.6. The van der Waals surface area contributed by atoms with Crippen LogP contribution in [0.3, 0.4) is 0 Å². The number of aromatic nitrogens is 2. The number of benzene rings is 1. The van der Waals surface area contributed by atoms with Crippen LogP contribution in [0.5, 0.6) is 5.75 Å². The predicted molar refractivity (Wildman–Crippen MR) is 139 cm³/mol. The van der Waals surface area contributed by atoms with Gasteiger partial charge >= 0.3 is 0 Å². The van der Waals surface area contributed by atoms with Crippen LogP contribution in [-0.4, -0.2) is 41.5 Å². The molecule has 190 valence electrons.